The number of hydrogen-bond donors (Lipinski definition) is 1. The molecule has 0 aliphatic rings. The zero-order valence-corrected chi connectivity index (χ0v) is 17.6. The minimum Gasteiger partial charge on any atom is -0.455 e. The summed E-state index contributed by atoms with van der Waals surface area (Å²) < 4.78 is 30.6. The molecule has 0 bridgehead atoms. The molecule has 1 amide bonds. The van der Waals surface area contributed by atoms with Gasteiger partial charge in [0.05, 0.1) is 22.1 Å². The van der Waals surface area contributed by atoms with Gasteiger partial charge in [0, 0.05) is 5.38 Å². The number of ether oxygens (including phenoxy) is 1. The lowest BCUT2D eigenvalue weighted by atomic mass is 10.3. The van der Waals surface area contributed by atoms with Crippen LogP contribution < -0.4 is 10.1 Å². The Morgan fingerprint density at radius 2 is 1.83 bits per heavy atom. The summed E-state index contributed by atoms with van der Waals surface area (Å²) >= 11 is 1.45. The summed E-state index contributed by atoms with van der Waals surface area (Å²) in [6.45, 7) is 2.04. The number of sulfone groups is 1. The van der Waals surface area contributed by atoms with Crippen LogP contribution in [0, 0.1) is 0 Å². The summed E-state index contributed by atoms with van der Waals surface area (Å²) in [5.41, 5.74) is 0.898. The van der Waals surface area contributed by atoms with E-state index in [0.29, 0.717) is 22.9 Å². The predicted molar refractivity (Wildman–Crippen MR) is 115 cm³/mol. The van der Waals surface area contributed by atoms with Gasteiger partial charge in [0.2, 0.25) is 5.91 Å². The Labute approximate surface area is 174 Å². The predicted octanol–water partition coefficient (Wildman–Crippen LogP) is 4.44. The first-order valence-corrected chi connectivity index (χ1v) is 11.9. The first-order chi connectivity index (χ1) is 13.9. The molecule has 3 rings (SSSR count). The van der Waals surface area contributed by atoms with Crippen molar-refractivity contribution < 1.29 is 17.9 Å². The highest BCUT2D eigenvalue weighted by Crippen LogP contribution is 2.29. The molecule has 0 radical (unpaired) electrons. The Hall–Kier alpha value is -2.71. The van der Waals surface area contributed by atoms with Crippen molar-refractivity contribution in [3.63, 3.8) is 0 Å². The number of aromatic nitrogens is 1. The third-order valence-corrected chi connectivity index (χ3v) is 6.31. The SMILES string of the molecule is CCCc1nc(CS(=O)(=O)CC(=O)Nc2ccccc2Oc2ccccc2)cs1. The molecule has 0 aliphatic carbocycles. The minimum atomic E-state index is -3.64. The van der Waals surface area contributed by atoms with Gasteiger partial charge in [-0.25, -0.2) is 13.4 Å². The standard InChI is InChI=1S/C21H22N2O4S2/c1-2-8-21-22-16(13-28-21)14-29(25,26)15-20(24)23-18-11-6-7-12-19(18)27-17-9-4-3-5-10-17/h3-7,9-13H,2,8,14-15H2,1H3,(H,23,24). The summed E-state index contributed by atoms with van der Waals surface area (Å²) in [6, 6.07) is 16.0. The lowest BCUT2D eigenvalue weighted by molar-refractivity contribution is -0.113. The van der Waals surface area contributed by atoms with Gasteiger partial charge in [-0.1, -0.05) is 37.3 Å². The van der Waals surface area contributed by atoms with Crippen LogP contribution in [0.4, 0.5) is 5.69 Å². The van der Waals surface area contributed by atoms with E-state index >= 15 is 0 Å². The van der Waals surface area contributed by atoms with Crippen molar-refractivity contribution in [1.29, 1.82) is 0 Å². The summed E-state index contributed by atoms with van der Waals surface area (Å²) in [6.07, 6.45) is 1.77. The van der Waals surface area contributed by atoms with Crippen LogP contribution in [0.1, 0.15) is 24.0 Å². The van der Waals surface area contributed by atoms with Crippen LogP contribution in [0.3, 0.4) is 0 Å². The number of amides is 1. The average molecular weight is 431 g/mol. The molecule has 1 N–H and O–H groups in total. The Balaban J connectivity index is 1.64. The van der Waals surface area contributed by atoms with Gasteiger partial charge in [-0.3, -0.25) is 4.79 Å². The molecule has 0 aliphatic heterocycles. The lowest BCUT2D eigenvalue weighted by Gasteiger charge is -2.12. The number of carbonyl (C=O) groups is 1. The van der Waals surface area contributed by atoms with E-state index in [4.69, 9.17) is 4.74 Å². The molecule has 0 saturated heterocycles. The van der Waals surface area contributed by atoms with E-state index in [1.54, 1.807) is 41.8 Å². The zero-order valence-electron chi connectivity index (χ0n) is 16.0. The second-order valence-corrected chi connectivity index (χ2v) is 9.48. The molecule has 1 aromatic heterocycles. The highest BCUT2D eigenvalue weighted by molar-refractivity contribution is 7.91. The second-order valence-electron chi connectivity index (χ2n) is 6.47. The van der Waals surface area contributed by atoms with E-state index in [-0.39, 0.29) is 5.75 Å². The topological polar surface area (TPSA) is 85.4 Å². The van der Waals surface area contributed by atoms with E-state index in [2.05, 4.69) is 10.3 Å². The van der Waals surface area contributed by atoms with Crippen LogP contribution >= 0.6 is 11.3 Å². The maximum atomic E-state index is 12.4. The third-order valence-electron chi connectivity index (χ3n) is 3.91. The largest absolute Gasteiger partial charge is 0.455 e. The zero-order chi connectivity index (χ0) is 20.7. The van der Waals surface area contributed by atoms with Crippen molar-refractivity contribution >= 4 is 32.8 Å². The fourth-order valence-corrected chi connectivity index (χ4v) is 4.86. The molecule has 0 atom stereocenters. The van der Waals surface area contributed by atoms with Gasteiger partial charge in [-0.15, -0.1) is 11.3 Å². The van der Waals surface area contributed by atoms with E-state index in [9.17, 15) is 13.2 Å². The Bertz CT molecular complexity index is 1060. The highest BCUT2D eigenvalue weighted by Gasteiger charge is 2.20. The molecule has 2 aromatic carbocycles. The first kappa shape index (κ1) is 21.0. The maximum absolute atomic E-state index is 12.4. The number of benzene rings is 2. The van der Waals surface area contributed by atoms with Gasteiger partial charge in [0.15, 0.2) is 15.6 Å². The molecule has 8 heteroatoms. The molecule has 1 heterocycles. The molecule has 29 heavy (non-hydrogen) atoms. The second kappa shape index (κ2) is 9.67. The number of rotatable bonds is 9. The van der Waals surface area contributed by atoms with Crippen molar-refractivity contribution in [3.8, 4) is 11.5 Å². The number of carbonyl (C=O) groups excluding carboxylic acids is 1. The molecule has 0 fully saturated rings. The Morgan fingerprint density at radius 3 is 2.59 bits per heavy atom. The number of para-hydroxylation sites is 3. The maximum Gasteiger partial charge on any atom is 0.239 e. The van der Waals surface area contributed by atoms with Gasteiger partial charge >= 0.3 is 0 Å². The molecule has 0 saturated carbocycles. The number of nitrogens with one attached hydrogen (secondary N) is 1. The van der Waals surface area contributed by atoms with Crippen LogP contribution in [0.5, 0.6) is 11.5 Å². The average Bonchev–Trinajstić information content (AvgIpc) is 3.10. The van der Waals surface area contributed by atoms with Crippen molar-refractivity contribution in [2.24, 2.45) is 0 Å². The van der Waals surface area contributed by atoms with Crippen LogP contribution in [-0.4, -0.2) is 25.1 Å². The van der Waals surface area contributed by atoms with Crippen molar-refractivity contribution in [2.45, 2.75) is 25.5 Å². The summed E-state index contributed by atoms with van der Waals surface area (Å²) in [5.74, 6) is -0.421. The minimum absolute atomic E-state index is 0.247. The van der Waals surface area contributed by atoms with Gasteiger partial charge in [0.1, 0.15) is 11.5 Å². The van der Waals surface area contributed by atoms with Crippen LogP contribution in [0.25, 0.3) is 0 Å². The van der Waals surface area contributed by atoms with Gasteiger partial charge in [-0.2, -0.15) is 0 Å². The number of hydrogen-bond acceptors (Lipinski definition) is 6. The van der Waals surface area contributed by atoms with Gasteiger partial charge < -0.3 is 10.1 Å². The van der Waals surface area contributed by atoms with Crippen molar-refractivity contribution in [1.82, 2.24) is 4.98 Å². The number of thiazole rings is 1. The third kappa shape index (κ3) is 6.40. The number of anilines is 1. The van der Waals surface area contributed by atoms with Crippen LogP contribution in [-0.2, 0) is 26.8 Å². The highest BCUT2D eigenvalue weighted by atomic mass is 32.2. The quantitative estimate of drug-likeness (QED) is 0.542. The van der Waals surface area contributed by atoms with E-state index < -0.39 is 21.5 Å². The first-order valence-electron chi connectivity index (χ1n) is 9.20. The van der Waals surface area contributed by atoms with E-state index in [1.165, 1.54) is 11.3 Å². The fraction of sp³-hybridized carbons (Fsp3) is 0.238. The van der Waals surface area contributed by atoms with Crippen LogP contribution in [0.15, 0.2) is 60.0 Å². The fourth-order valence-electron chi connectivity index (χ4n) is 2.68. The van der Waals surface area contributed by atoms with E-state index in [1.807, 2.05) is 25.1 Å². The Kier molecular flexibility index (Phi) is 7.00. The van der Waals surface area contributed by atoms with Crippen molar-refractivity contribution in [2.75, 3.05) is 11.1 Å². The summed E-state index contributed by atoms with van der Waals surface area (Å²) in [4.78, 5) is 16.7. The smallest absolute Gasteiger partial charge is 0.239 e. The molecule has 152 valence electrons. The monoisotopic (exact) mass is 430 g/mol. The van der Waals surface area contributed by atoms with Crippen molar-refractivity contribution in [3.05, 3.63) is 70.7 Å². The van der Waals surface area contributed by atoms with Crippen LogP contribution in [0.2, 0.25) is 0 Å². The molecular formula is C21H22N2O4S2. The molecule has 6 nitrogen and oxygen atoms in total. The molecule has 0 unspecified atom stereocenters. The lowest BCUT2D eigenvalue weighted by Crippen LogP contribution is -2.24. The molecule has 3 aromatic rings. The molecular weight excluding hydrogens is 408 g/mol. The number of nitrogens with zero attached hydrogens (tertiary/aromatic N) is 1. The summed E-state index contributed by atoms with van der Waals surface area (Å²) in [5, 5.41) is 5.29. The van der Waals surface area contributed by atoms with Gasteiger partial charge in [-0.05, 0) is 37.1 Å². The molecule has 0 spiro atoms. The Morgan fingerprint density at radius 1 is 1.10 bits per heavy atom. The normalized spacial score (nSPS) is 11.2. The number of aryl methyl sites for hydroxylation is 1. The van der Waals surface area contributed by atoms with Gasteiger partial charge in [0.25, 0.3) is 0 Å². The summed E-state index contributed by atoms with van der Waals surface area (Å²) in [7, 11) is -3.64. The van der Waals surface area contributed by atoms with E-state index in [0.717, 1.165) is 17.8 Å².